The van der Waals surface area contributed by atoms with Gasteiger partial charge in [-0.15, -0.1) is 0 Å². The summed E-state index contributed by atoms with van der Waals surface area (Å²) >= 11 is 6.04. The summed E-state index contributed by atoms with van der Waals surface area (Å²) in [5.74, 6) is 0.494. The quantitative estimate of drug-likeness (QED) is 0.286. The van der Waals surface area contributed by atoms with Gasteiger partial charge in [-0.05, 0) is 73.2 Å². The zero-order valence-electron chi connectivity index (χ0n) is 20.0. The third-order valence-electron chi connectivity index (χ3n) is 6.61. The lowest BCUT2D eigenvalue weighted by Crippen LogP contribution is -2.38. The molecule has 8 heteroatoms. The number of carbonyl (C=O) groups excluding carboxylic acids is 1. The molecule has 0 aliphatic carbocycles. The number of para-hydroxylation sites is 1. The van der Waals surface area contributed by atoms with E-state index in [1.807, 2.05) is 70.9 Å². The van der Waals surface area contributed by atoms with Crippen LogP contribution >= 0.6 is 11.6 Å². The fourth-order valence-corrected chi connectivity index (χ4v) is 5.03. The lowest BCUT2D eigenvalue weighted by atomic mass is 10.0. The average Bonchev–Trinajstić information content (AvgIpc) is 3.46. The van der Waals surface area contributed by atoms with Gasteiger partial charge < -0.3 is 14.8 Å². The van der Waals surface area contributed by atoms with Crippen molar-refractivity contribution in [2.75, 3.05) is 5.32 Å². The number of urea groups is 1. The van der Waals surface area contributed by atoms with E-state index in [1.54, 1.807) is 35.2 Å². The van der Waals surface area contributed by atoms with Crippen molar-refractivity contribution in [1.29, 1.82) is 0 Å². The summed E-state index contributed by atoms with van der Waals surface area (Å²) < 4.78 is 18.4. The van der Waals surface area contributed by atoms with Crippen LogP contribution in [0, 0.1) is 12.7 Å². The van der Waals surface area contributed by atoms with Crippen molar-refractivity contribution < 1.29 is 9.18 Å². The van der Waals surface area contributed by atoms with Gasteiger partial charge in [0.1, 0.15) is 11.6 Å². The maximum atomic E-state index is 14.4. The number of anilines is 1. The van der Waals surface area contributed by atoms with Crippen LogP contribution in [0.25, 0.3) is 11.5 Å². The van der Waals surface area contributed by atoms with Crippen LogP contribution in [-0.2, 0) is 6.54 Å². The number of benzene rings is 3. The molecule has 1 atom stereocenters. The van der Waals surface area contributed by atoms with Gasteiger partial charge in [-0.25, -0.2) is 13.9 Å². The van der Waals surface area contributed by atoms with E-state index in [4.69, 9.17) is 16.7 Å². The Bertz CT molecular complexity index is 1590. The molecule has 37 heavy (non-hydrogen) atoms. The smallest absolute Gasteiger partial charge is 0.308 e. The van der Waals surface area contributed by atoms with E-state index >= 15 is 0 Å². The standard InChI is InChI=1S/C29H23ClFN5O/c1-19-25-18-35(29(37)32-23-14-12-21(30)13-15-23)27(20-7-5-8-22(31)17-20)26-11-6-16-34(26)28(25)36(33-19)24-9-3-2-4-10-24/h2-17,27H,18H2,1H3,(H,32,37)/t27-/m1/s1. The van der Waals surface area contributed by atoms with Crippen LogP contribution in [0.4, 0.5) is 14.9 Å². The summed E-state index contributed by atoms with van der Waals surface area (Å²) in [6.07, 6.45) is 1.96. The summed E-state index contributed by atoms with van der Waals surface area (Å²) in [5, 5.41) is 8.42. The molecule has 1 N–H and O–H groups in total. The van der Waals surface area contributed by atoms with Crippen molar-refractivity contribution in [2.45, 2.75) is 19.5 Å². The highest BCUT2D eigenvalue weighted by atomic mass is 35.5. The summed E-state index contributed by atoms with van der Waals surface area (Å²) in [6.45, 7) is 2.22. The summed E-state index contributed by atoms with van der Waals surface area (Å²) in [6, 6.07) is 26.3. The van der Waals surface area contributed by atoms with Gasteiger partial charge in [0.25, 0.3) is 0 Å². The van der Waals surface area contributed by atoms with Crippen LogP contribution in [0.3, 0.4) is 0 Å². The van der Waals surface area contributed by atoms with Crippen LogP contribution < -0.4 is 5.32 Å². The predicted molar refractivity (Wildman–Crippen MR) is 142 cm³/mol. The first-order valence-corrected chi connectivity index (χ1v) is 12.3. The molecule has 0 spiro atoms. The molecule has 0 saturated carbocycles. The largest absolute Gasteiger partial charge is 0.322 e. The second kappa shape index (κ2) is 9.26. The number of amides is 2. The number of aryl methyl sites for hydroxylation is 1. The first kappa shape index (κ1) is 23.1. The molecule has 2 aromatic heterocycles. The van der Waals surface area contributed by atoms with E-state index in [-0.39, 0.29) is 18.4 Å². The van der Waals surface area contributed by atoms with E-state index in [0.29, 0.717) is 16.3 Å². The van der Waals surface area contributed by atoms with E-state index in [1.165, 1.54) is 12.1 Å². The van der Waals surface area contributed by atoms with Crippen molar-refractivity contribution in [2.24, 2.45) is 0 Å². The second-order valence-corrected chi connectivity index (χ2v) is 9.40. The molecule has 0 saturated heterocycles. The molecule has 1 aliphatic heterocycles. The first-order chi connectivity index (χ1) is 18.0. The maximum absolute atomic E-state index is 14.4. The third-order valence-corrected chi connectivity index (χ3v) is 6.86. The van der Waals surface area contributed by atoms with E-state index < -0.39 is 6.04 Å². The van der Waals surface area contributed by atoms with Crippen molar-refractivity contribution in [3.63, 3.8) is 0 Å². The van der Waals surface area contributed by atoms with Gasteiger partial charge in [0.2, 0.25) is 0 Å². The van der Waals surface area contributed by atoms with Crippen LogP contribution in [0.1, 0.15) is 28.6 Å². The van der Waals surface area contributed by atoms with Gasteiger partial charge in [0, 0.05) is 22.5 Å². The van der Waals surface area contributed by atoms with Gasteiger partial charge in [0.15, 0.2) is 0 Å². The van der Waals surface area contributed by atoms with Crippen LogP contribution in [0.15, 0.2) is 97.2 Å². The van der Waals surface area contributed by atoms with Crippen molar-refractivity contribution >= 4 is 23.3 Å². The summed E-state index contributed by atoms with van der Waals surface area (Å²) in [4.78, 5) is 15.6. The van der Waals surface area contributed by atoms with Crippen molar-refractivity contribution in [3.05, 3.63) is 131 Å². The number of aromatic nitrogens is 3. The monoisotopic (exact) mass is 511 g/mol. The number of carbonyl (C=O) groups is 1. The van der Waals surface area contributed by atoms with Gasteiger partial charge >= 0.3 is 6.03 Å². The first-order valence-electron chi connectivity index (χ1n) is 11.9. The van der Waals surface area contributed by atoms with Crippen molar-refractivity contribution in [1.82, 2.24) is 19.2 Å². The Morgan fingerprint density at radius 2 is 1.78 bits per heavy atom. The third kappa shape index (κ3) is 4.17. The zero-order valence-corrected chi connectivity index (χ0v) is 20.7. The molecule has 1 aliphatic rings. The Morgan fingerprint density at radius 3 is 2.54 bits per heavy atom. The molecule has 0 radical (unpaired) electrons. The molecule has 6 rings (SSSR count). The highest BCUT2D eigenvalue weighted by Gasteiger charge is 2.36. The number of rotatable bonds is 3. The fourth-order valence-electron chi connectivity index (χ4n) is 4.91. The molecule has 2 amide bonds. The zero-order chi connectivity index (χ0) is 25.5. The normalized spacial score (nSPS) is 14.6. The highest BCUT2D eigenvalue weighted by Crippen LogP contribution is 2.38. The Balaban J connectivity index is 1.53. The van der Waals surface area contributed by atoms with Crippen LogP contribution in [0.5, 0.6) is 0 Å². The lowest BCUT2D eigenvalue weighted by Gasteiger charge is -2.31. The van der Waals surface area contributed by atoms with Gasteiger partial charge in [-0.2, -0.15) is 5.10 Å². The molecule has 184 valence electrons. The number of hydrogen-bond donors (Lipinski definition) is 1. The lowest BCUT2D eigenvalue weighted by molar-refractivity contribution is 0.194. The molecule has 0 bridgehead atoms. The topological polar surface area (TPSA) is 55.1 Å². The number of nitrogens with zero attached hydrogens (tertiary/aromatic N) is 4. The number of hydrogen-bond acceptors (Lipinski definition) is 2. The SMILES string of the molecule is Cc1nn(-c2ccccc2)c2c1CN(C(=O)Nc1ccc(Cl)cc1)[C@H](c1cccc(F)c1)c1cccn1-2. The van der Waals surface area contributed by atoms with E-state index in [0.717, 1.165) is 28.5 Å². The van der Waals surface area contributed by atoms with Gasteiger partial charge in [0.05, 0.1) is 29.7 Å². The molecule has 3 heterocycles. The molecular weight excluding hydrogens is 489 g/mol. The minimum atomic E-state index is -0.547. The van der Waals surface area contributed by atoms with E-state index in [2.05, 4.69) is 5.32 Å². The van der Waals surface area contributed by atoms with E-state index in [9.17, 15) is 9.18 Å². The number of nitrogens with one attached hydrogen (secondary N) is 1. The second-order valence-electron chi connectivity index (χ2n) is 8.96. The minimum Gasteiger partial charge on any atom is -0.308 e. The van der Waals surface area contributed by atoms with Gasteiger partial charge in [-0.1, -0.05) is 41.9 Å². The molecule has 0 unspecified atom stereocenters. The molecular formula is C29H23ClFN5O. The van der Waals surface area contributed by atoms with Crippen LogP contribution in [-0.4, -0.2) is 25.3 Å². The highest BCUT2D eigenvalue weighted by molar-refractivity contribution is 6.30. The molecule has 5 aromatic rings. The number of fused-ring (bicyclic) bond motifs is 3. The Labute approximate surface area is 218 Å². The molecule has 3 aromatic carbocycles. The average molecular weight is 512 g/mol. The fraction of sp³-hybridized carbons (Fsp3) is 0.103. The van der Waals surface area contributed by atoms with Crippen LogP contribution in [0.2, 0.25) is 5.02 Å². The molecule has 6 nitrogen and oxygen atoms in total. The summed E-state index contributed by atoms with van der Waals surface area (Å²) in [5.41, 5.74) is 4.74. The van der Waals surface area contributed by atoms with Crippen molar-refractivity contribution in [3.8, 4) is 11.5 Å². The Morgan fingerprint density at radius 1 is 1.00 bits per heavy atom. The maximum Gasteiger partial charge on any atom is 0.322 e. The predicted octanol–water partition coefficient (Wildman–Crippen LogP) is 6.90. The Hall–Kier alpha value is -4.36. The minimum absolute atomic E-state index is 0.274. The number of halogens is 2. The molecule has 0 fully saturated rings. The Kier molecular flexibility index (Phi) is 5.77. The van der Waals surface area contributed by atoms with Gasteiger partial charge in [-0.3, -0.25) is 0 Å². The summed E-state index contributed by atoms with van der Waals surface area (Å²) in [7, 11) is 0.